The molecule has 0 unspecified atom stereocenters. The predicted octanol–water partition coefficient (Wildman–Crippen LogP) is 4.51. The molecule has 0 aliphatic rings. The maximum atomic E-state index is 12.8. The molecule has 0 saturated carbocycles. The molecular formula is C20H16BrN5O2S. The third-order valence-electron chi connectivity index (χ3n) is 4.26. The summed E-state index contributed by atoms with van der Waals surface area (Å²) in [4.78, 5) is 17.1. The highest BCUT2D eigenvalue weighted by atomic mass is 79.9. The number of aromatic amines is 1. The largest absolute Gasteiger partial charge is 0.497 e. The van der Waals surface area contributed by atoms with Gasteiger partial charge in [0.15, 0.2) is 0 Å². The first kappa shape index (κ1) is 19.3. The summed E-state index contributed by atoms with van der Waals surface area (Å²) in [6.07, 6.45) is 1.53. The average Bonchev–Trinajstić information content (AvgIpc) is 3.32. The summed E-state index contributed by atoms with van der Waals surface area (Å²) in [5.41, 5.74) is 2.71. The van der Waals surface area contributed by atoms with E-state index in [0.717, 1.165) is 32.2 Å². The van der Waals surface area contributed by atoms with Crippen molar-refractivity contribution in [3.8, 4) is 22.0 Å². The molecule has 2 aromatic heterocycles. The Labute approximate surface area is 178 Å². The molecule has 0 bridgehead atoms. The van der Waals surface area contributed by atoms with E-state index >= 15 is 0 Å². The summed E-state index contributed by atoms with van der Waals surface area (Å²) in [6.45, 7) is 1.83. The van der Waals surface area contributed by atoms with E-state index < -0.39 is 0 Å². The van der Waals surface area contributed by atoms with Crippen LogP contribution in [-0.4, -0.2) is 33.3 Å². The Morgan fingerprint density at radius 3 is 2.55 bits per heavy atom. The molecule has 146 valence electrons. The molecule has 2 heterocycles. The molecule has 0 spiro atoms. The van der Waals surface area contributed by atoms with Gasteiger partial charge in [0.1, 0.15) is 10.8 Å². The fraction of sp³-hybridized carbons (Fsp3) is 0.100. The van der Waals surface area contributed by atoms with Gasteiger partial charge in [-0.05, 0) is 55.5 Å². The molecule has 0 fully saturated rings. The van der Waals surface area contributed by atoms with Crippen LogP contribution < -0.4 is 10.3 Å². The Morgan fingerprint density at radius 2 is 1.86 bits per heavy atom. The number of hydrogen-bond acceptors (Lipinski definition) is 6. The summed E-state index contributed by atoms with van der Waals surface area (Å²) < 4.78 is 7.61. The standard InChI is InChI=1S/C20H16BrN5O2S/c1-12-17(19(27)26(25-12)15-7-5-14(21)6-8-15)11-22-20-24-23-18(29-20)13-3-9-16(28-2)10-4-13/h3-11,25H,1-2H3. The van der Waals surface area contributed by atoms with Gasteiger partial charge in [0.05, 0.1) is 18.4 Å². The highest BCUT2D eigenvalue weighted by Gasteiger charge is 2.11. The molecule has 0 atom stereocenters. The van der Waals surface area contributed by atoms with Crippen LogP contribution in [0.3, 0.4) is 0 Å². The van der Waals surface area contributed by atoms with E-state index in [2.05, 4.69) is 36.2 Å². The Morgan fingerprint density at radius 1 is 1.14 bits per heavy atom. The van der Waals surface area contributed by atoms with E-state index in [1.807, 2.05) is 55.5 Å². The number of methoxy groups -OCH3 is 1. The number of halogens is 1. The second kappa shape index (κ2) is 8.14. The van der Waals surface area contributed by atoms with Crippen LogP contribution in [-0.2, 0) is 0 Å². The van der Waals surface area contributed by atoms with Crippen molar-refractivity contribution >= 4 is 38.6 Å². The van der Waals surface area contributed by atoms with Crippen LogP contribution in [0.1, 0.15) is 11.3 Å². The van der Waals surface area contributed by atoms with Crippen molar-refractivity contribution in [1.82, 2.24) is 20.0 Å². The molecule has 2 aromatic carbocycles. The number of nitrogens with one attached hydrogen (secondary N) is 1. The number of benzene rings is 2. The van der Waals surface area contributed by atoms with Gasteiger partial charge in [0, 0.05) is 21.9 Å². The van der Waals surface area contributed by atoms with Crippen molar-refractivity contribution in [2.45, 2.75) is 6.92 Å². The molecule has 0 radical (unpaired) electrons. The number of H-pyrrole nitrogens is 1. The molecular weight excluding hydrogens is 454 g/mol. The summed E-state index contributed by atoms with van der Waals surface area (Å²) in [5, 5.41) is 12.6. The summed E-state index contributed by atoms with van der Waals surface area (Å²) >= 11 is 4.75. The Kier molecular flexibility index (Phi) is 5.41. The zero-order valence-electron chi connectivity index (χ0n) is 15.6. The molecule has 29 heavy (non-hydrogen) atoms. The van der Waals surface area contributed by atoms with Crippen molar-refractivity contribution in [3.05, 3.63) is 74.6 Å². The lowest BCUT2D eigenvalue weighted by atomic mass is 10.2. The first-order valence-corrected chi connectivity index (χ1v) is 10.3. The van der Waals surface area contributed by atoms with Gasteiger partial charge < -0.3 is 4.74 Å². The topological polar surface area (TPSA) is 85.2 Å². The lowest BCUT2D eigenvalue weighted by Gasteiger charge is -2.00. The smallest absolute Gasteiger partial charge is 0.280 e. The van der Waals surface area contributed by atoms with Crippen molar-refractivity contribution in [1.29, 1.82) is 0 Å². The van der Waals surface area contributed by atoms with E-state index in [9.17, 15) is 4.79 Å². The monoisotopic (exact) mass is 469 g/mol. The number of hydrogen-bond donors (Lipinski definition) is 1. The van der Waals surface area contributed by atoms with Crippen LogP contribution in [0.15, 0.2) is 62.8 Å². The minimum Gasteiger partial charge on any atom is -0.497 e. The fourth-order valence-corrected chi connectivity index (χ4v) is 3.68. The highest BCUT2D eigenvalue weighted by Crippen LogP contribution is 2.29. The first-order valence-electron chi connectivity index (χ1n) is 8.64. The van der Waals surface area contributed by atoms with Crippen LogP contribution in [0, 0.1) is 6.92 Å². The molecule has 4 rings (SSSR count). The lowest BCUT2D eigenvalue weighted by Crippen LogP contribution is -2.17. The second-order valence-corrected chi connectivity index (χ2v) is 8.02. The lowest BCUT2D eigenvalue weighted by molar-refractivity contribution is 0.415. The average molecular weight is 470 g/mol. The van der Waals surface area contributed by atoms with Crippen LogP contribution in [0.2, 0.25) is 0 Å². The Bertz CT molecular complexity index is 1220. The summed E-state index contributed by atoms with van der Waals surface area (Å²) in [5.74, 6) is 0.779. The number of ether oxygens (including phenoxy) is 1. The van der Waals surface area contributed by atoms with Crippen molar-refractivity contribution < 1.29 is 4.74 Å². The van der Waals surface area contributed by atoms with Gasteiger partial charge in [0.2, 0.25) is 5.13 Å². The highest BCUT2D eigenvalue weighted by molar-refractivity contribution is 9.10. The van der Waals surface area contributed by atoms with Crippen LogP contribution >= 0.6 is 27.3 Å². The van der Waals surface area contributed by atoms with Crippen molar-refractivity contribution in [2.75, 3.05) is 7.11 Å². The quantitative estimate of drug-likeness (QED) is 0.435. The van der Waals surface area contributed by atoms with E-state index in [0.29, 0.717) is 10.7 Å². The molecule has 4 aromatic rings. The van der Waals surface area contributed by atoms with Gasteiger partial charge in [-0.2, -0.15) is 0 Å². The third kappa shape index (κ3) is 4.06. The zero-order valence-corrected chi connectivity index (χ0v) is 18.0. The SMILES string of the molecule is COc1ccc(-c2nnc(N=Cc3c(C)[nH]n(-c4ccc(Br)cc4)c3=O)s2)cc1. The molecule has 0 amide bonds. The van der Waals surface area contributed by atoms with Crippen LogP contribution in [0.4, 0.5) is 5.13 Å². The van der Waals surface area contributed by atoms with E-state index in [-0.39, 0.29) is 5.56 Å². The van der Waals surface area contributed by atoms with E-state index in [1.165, 1.54) is 22.2 Å². The molecule has 9 heteroatoms. The Balaban J connectivity index is 1.59. The Hall–Kier alpha value is -3.04. The summed E-state index contributed by atoms with van der Waals surface area (Å²) in [7, 11) is 1.63. The minimum absolute atomic E-state index is 0.173. The van der Waals surface area contributed by atoms with Crippen molar-refractivity contribution in [3.63, 3.8) is 0 Å². The molecule has 7 nitrogen and oxygen atoms in total. The number of rotatable bonds is 5. The normalized spacial score (nSPS) is 11.3. The molecule has 1 N–H and O–H groups in total. The molecule has 0 aliphatic heterocycles. The second-order valence-electron chi connectivity index (χ2n) is 6.14. The van der Waals surface area contributed by atoms with Crippen LogP contribution in [0.25, 0.3) is 16.3 Å². The van der Waals surface area contributed by atoms with E-state index in [1.54, 1.807) is 7.11 Å². The summed E-state index contributed by atoms with van der Waals surface area (Å²) in [6, 6.07) is 15.0. The number of nitrogens with zero attached hydrogens (tertiary/aromatic N) is 4. The minimum atomic E-state index is -0.173. The molecule has 0 aliphatic carbocycles. The number of aromatic nitrogens is 4. The van der Waals surface area contributed by atoms with Gasteiger partial charge in [-0.1, -0.05) is 27.3 Å². The van der Waals surface area contributed by atoms with Gasteiger partial charge in [-0.3, -0.25) is 9.89 Å². The van der Waals surface area contributed by atoms with Gasteiger partial charge >= 0.3 is 0 Å². The van der Waals surface area contributed by atoms with Crippen molar-refractivity contribution in [2.24, 2.45) is 4.99 Å². The number of aryl methyl sites for hydroxylation is 1. The fourth-order valence-electron chi connectivity index (χ4n) is 2.72. The maximum absolute atomic E-state index is 12.8. The van der Waals surface area contributed by atoms with E-state index in [4.69, 9.17) is 4.74 Å². The number of aliphatic imine (C=N–C) groups is 1. The zero-order chi connectivity index (χ0) is 20.4. The van der Waals surface area contributed by atoms with Crippen LogP contribution in [0.5, 0.6) is 5.75 Å². The third-order valence-corrected chi connectivity index (χ3v) is 5.67. The predicted molar refractivity (Wildman–Crippen MR) is 118 cm³/mol. The van der Waals surface area contributed by atoms with Gasteiger partial charge in [-0.15, -0.1) is 10.2 Å². The first-order chi connectivity index (χ1) is 14.0. The van der Waals surface area contributed by atoms with Gasteiger partial charge in [0.25, 0.3) is 5.56 Å². The molecule has 0 saturated heterocycles. The maximum Gasteiger partial charge on any atom is 0.280 e. The van der Waals surface area contributed by atoms with Gasteiger partial charge in [-0.25, -0.2) is 9.67 Å².